The van der Waals surface area contributed by atoms with Crippen molar-refractivity contribution in [3.63, 3.8) is 0 Å². The van der Waals surface area contributed by atoms with E-state index in [0.29, 0.717) is 5.56 Å². The van der Waals surface area contributed by atoms with Crippen LogP contribution in [0.25, 0.3) is 0 Å². The molecular formula is C13H16BrNO2. The van der Waals surface area contributed by atoms with Gasteiger partial charge < -0.3 is 10.1 Å². The van der Waals surface area contributed by atoms with Crippen molar-refractivity contribution in [3.05, 3.63) is 33.8 Å². The number of ether oxygens (including phenoxy) is 1. The highest BCUT2D eigenvalue weighted by Crippen LogP contribution is 2.18. The van der Waals surface area contributed by atoms with E-state index in [-0.39, 0.29) is 11.9 Å². The molecule has 1 saturated heterocycles. The van der Waals surface area contributed by atoms with Gasteiger partial charge in [0.25, 0.3) is 5.91 Å². The molecular weight excluding hydrogens is 282 g/mol. The summed E-state index contributed by atoms with van der Waals surface area (Å²) < 4.78 is 6.23. The van der Waals surface area contributed by atoms with Crippen LogP contribution < -0.4 is 5.32 Å². The second-order valence-corrected chi connectivity index (χ2v) is 5.18. The number of hydrogen-bond donors (Lipinski definition) is 1. The van der Waals surface area contributed by atoms with E-state index < -0.39 is 0 Å². The fourth-order valence-electron chi connectivity index (χ4n) is 1.84. The molecule has 0 unspecified atom stereocenters. The zero-order valence-electron chi connectivity index (χ0n) is 9.83. The first-order chi connectivity index (χ1) is 8.16. The van der Waals surface area contributed by atoms with E-state index in [4.69, 9.17) is 4.74 Å². The summed E-state index contributed by atoms with van der Waals surface area (Å²) in [6, 6.07) is 5.91. The Balaban J connectivity index is 2.01. The summed E-state index contributed by atoms with van der Waals surface area (Å²) in [7, 11) is 0. The number of hydrogen-bond acceptors (Lipinski definition) is 2. The van der Waals surface area contributed by atoms with E-state index in [1.165, 1.54) is 0 Å². The first-order valence-corrected chi connectivity index (χ1v) is 6.61. The monoisotopic (exact) mass is 297 g/mol. The van der Waals surface area contributed by atoms with Crippen molar-refractivity contribution in [3.8, 4) is 0 Å². The summed E-state index contributed by atoms with van der Waals surface area (Å²) in [5.41, 5.74) is 1.83. The highest BCUT2D eigenvalue weighted by atomic mass is 79.9. The van der Waals surface area contributed by atoms with Gasteiger partial charge in [0, 0.05) is 29.3 Å². The second kappa shape index (κ2) is 5.65. The summed E-state index contributed by atoms with van der Waals surface area (Å²) >= 11 is 3.44. The van der Waals surface area contributed by atoms with Gasteiger partial charge in [-0.2, -0.15) is 0 Å². The highest BCUT2D eigenvalue weighted by molar-refractivity contribution is 9.10. The molecule has 1 amide bonds. The van der Waals surface area contributed by atoms with Crippen molar-refractivity contribution < 1.29 is 9.53 Å². The van der Waals surface area contributed by atoms with Crippen LogP contribution in [0.1, 0.15) is 28.8 Å². The number of benzene rings is 1. The third-order valence-electron chi connectivity index (χ3n) is 2.99. The zero-order valence-corrected chi connectivity index (χ0v) is 11.4. The van der Waals surface area contributed by atoms with Gasteiger partial charge in [-0.15, -0.1) is 0 Å². The lowest BCUT2D eigenvalue weighted by Crippen LogP contribution is -2.38. The third-order valence-corrected chi connectivity index (χ3v) is 3.84. The Morgan fingerprint density at radius 1 is 1.41 bits per heavy atom. The van der Waals surface area contributed by atoms with Crippen molar-refractivity contribution >= 4 is 21.8 Å². The molecule has 0 saturated carbocycles. The molecule has 0 aliphatic carbocycles. The lowest BCUT2D eigenvalue weighted by atomic mass is 10.1. The van der Waals surface area contributed by atoms with Gasteiger partial charge in [0.15, 0.2) is 0 Å². The largest absolute Gasteiger partial charge is 0.381 e. The van der Waals surface area contributed by atoms with Crippen molar-refractivity contribution in [2.24, 2.45) is 0 Å². The van der Waals surface area contributed by atoms with E-state index in [9.17, 15) is 4.79 Å². The lowest BCUT2D eigenvalue weighted by Gasteiger charge is -2.23. The Bertz CT molecular complexity index is 414. The van der Waals surface area contributed by atoms with Crippen molar-refractivity contribution in [2.45, 2.75) is 25.8 Å². The maximum Gasteiger partial charge on any atom is 0.251 e. The Labute approximate surface area is 110 Å². The topological polar surface area (TPSA) is 38.3 Å². The van der Waals surface area contributed by atoms with Crippen molar-refractivity contribution in [1.82, 2.24) is 5.32 Å². The number of rotatable bonds is 2. The molecule has 0 aromatic heterocycles. The van der Waals surface area contributed by atoms with Crippen LogP contribution in [-0.2, 0) is 4.74 Å². The van der Waals surface area contributed by atoms with E-state index in [1.807, 2.05) is 25.1 Å². The molecule has 1 heterocycles. The third kappa shape index (κ3) is 3.30. The van der Waals surface area contributed by atoms with Gasteiger partial charge in [-0.3, -0.25) is 4.79 Å². The summed E-state index contributed by atoms with van der Waals surface area (Å²) in [6.45, 7) is 3.48. The predicted molar refractivity (Wildman–Crippen MR) is 70.2 cm³/mol. The van der Waals surface area contributed by atoms with Crippen LogP contribution in [0.15, 0.2) is 22.7 Å². The van der Waals surface area contributed by atoms with Crippen LogP contribution in [0.5, 0.6) is 0 Å². The maximum atomic E-state index is 12.0. The van der Waals surface area contributed by atoms with Gasteiger partial charge in [0.2, 0.25) is 0 Å². The summed E-state index contributed by atoms with van der Waals surface area (Å²) in [5, 5.41) is 3.04. The number of carbonyl (C=O) groups is 1. The zero-order chi connectivity index (χ0) is 12.3. The minimum atomic E-state index is -0.00222. The van der Waals surface area contributed by atoms with Gasteiger partial charge >= 0.3 is 0 Å². The van der Waals surface area contributed by atoms with Gasteiger partial charge in [0.1, 0.15) is 0 Å². The second-order valence-electron chi connectivity index (χ2n) is 4.32. The standard InChI is InChI=1S/C13H16BrNO2/c1-9-2-3-10(8-12(9)14)13(16)15-11-4-6-17-7-5-11/h2-3,8,11H,4-7H2,1H3,(H,15,16). The van der Waals surface area contributed by atoms with Gasteiger partial charge in [-0.1, -0.05) is 22.0 Å². The van der Waals surface area contributed by atoms with Crippen LogP contribution >= 0.6 is 15.9 Å². The highest BCUT2D eigenvalue weighted by Gasteiger charge is 2.17. The quantitative estimate of drug-likeness (QED) is 0.911. The number of nitrogens with one attached hydrogen (secondary N) is 1. The van der Waals surface area contributed by atoms with Crippen LogP contribution in [0.4, 0.5) is 0 Å². The molecule has 1 aliphatic heterocycles. The van der Waals surface area contributed by atoms with E-state index >= 15 is 0 Å². The van der Waals surface area contributed by atoms with Crippen LogP contribution in [0.2, 0.25) is 0 Å². The van der Waals surface area contributed by atoms with Crippen LogP contribution in [0, 0.1) is 6.92 Å². The molecule has 1 aromatic carbocycles. The van der Waals surface area contributed by atoms with Crippen molar-refractivity contribution in [1.29, 1.82) is 0 Å². The smallest absolute Gasteiger partial charge is 0.251 e. The average molecular weight is 298 g/mol. The molecule has 1 aromatic rings. The first kappa shape index (κ1) is 12.6. The van der Waals surface area contributed by atoms with Crippen LogP contribution in [-0.4, -0.2) is 25.2 Å². The molecule has 17 heavy (non-hydrogen) atoms. The summed E-state index contributed by atoms with van der Waals surface area (Å²) in [6.07, 6.45) is 1.80. The summed E-state index contributed by atoms with van der Waals surface area (Å²) in [5.74, 6) is -0.00222. The average Bonchev–Trinajstić information content (AvgIpc) is 2.34. The van der Waals surface area contributed by atoms with Gasteiger partial charge in [-0.25, -0.2) is 0 Å². The van der Waals surface area contributed by atoms with Gasteiger partial charge in [0.05, 0.1) is 0 Å². The number of amides is 1. The maximum absolute atomic E-state index is 12.0. The molecule has 1 aliphatic rings. The molecule has 2 rings (SSSR count). The molecule has 92 valence electrons. The van der Waals surface area contributed by atoms with E-state index in [0.717, 1.165) is 36.1 Å². The minimum Gasteiger partial charge on any atom is -0.381 e. The molecule has 0 atom stereocenters. The molecule has 0 spiro atoms. The Morgan fingerprint density at radius 2 is 2.12 bits per heavy atom. The molecule has 1 fully saturated rings. The molecule has 4 heteroatoms. The predicted octanol–water partition coefficient (Wildman–Crippen LogP) is 2.67. The Morgan fingerprint density at radius 3 is 2.76 bits per heavy atom. The fourth-order valence-corrected chi connectivity index (χ4v) is 2.22. The van der Waals surface area contributed by atoms with Gasteiger partial charge in [-0.05, 0) is 37.5 Å². The first-order valence-electron chi connectivity index (χ1n) is 5.81. The normalized spacial score (nSPS) is 16.8. The van der Waals surface area contributed by atoms with Crippen LogP contribution in [0.3, 0.4) is 0 Å². The SMILES string of the molecule is Cc1ccc(C(=O)NC2CCOCC2)cc1Br. The van der Waals surface area contributed by atoms with E-state index in [1.54, 1.807) is 0 Å². The molecule has 0 bridgehead atoms. The molecule has 0 radical (unpaired) electrons. The minimum absolute atomic E-state index is 0.00222. The Hall–Kier alpha value is -0.870. The Kier molecular flexibility index (Phi) is 4.18. The molecule has 1 N–H and O–H groups in total. The number of halogens is 1. The van der Waals surface area contributed by atoms with E-state index in [2.05, 4.69) is 21.2 Å². The fraction of sp³-hybridized carbons (Fsp3) is 0.462. The van der Waals surface area contributed by atoms with Crippen molar-refractivity contribution in [2.75, 3.05) is 13.2 Å². The molecule has 3 nitrogen and oxygen atoms in total. The number of aryl methyl sites for hydroxylation is 1. The number of carbonyl (C=O) groups excluding carboxylic acids is 1. The summed E-state index contributed by atoms with van der Waals surface area (Å²) in [4.78, 5) is 12.0. The lowest BCUT2D eigenvalue weighted by molar-refractivity contribution is 0.0696.